The summed E-state index contributed by atoms with van der Waals surface area (Å²) < 4.78 is 0.716. The zero-order valence-corrected chi connectivity index (χ0v) is 8.27. The molecule has 0 spiro atoms. The summed E-state index contributed by atoms with van der Waals surface area (Å²) in [4.78, 5) is 11.6. The molecule has 1 rings (SSSR count). The molecule has 0 aromatic carbocycles. The molecular weight excluding hydrogens is 186 g/mol. The van der Waals surface area contributed by atoms with Crippen LogP contribution in [0.2, 0.25) is 0 Å². The van der Waals surface area contributed by atoms with Gasteiger partial charge in [-0.15, -0.1) is 10.2 Å². The summed E-state index contributed by atoms with van der Waals surface area (Å²) in [6, 6.07) is 0. The molecular formula is C7H13N5O2. The monoisotopic (exact) mass is 199 g/mol. The summed E-state index contributed by atoms with van der Waals surface area (Å²) in [7, 11) is 0. The lowest BCUT2D eigenvalue weighted by Gasteiger charge is -2.16. The molecule has 1 heterocycles. The Morgan fingerprint density at radius 1 is 1.43 bits per heavy atom. The number of aromatic nitrogens is 3. The third-order valence-corrected chi connectivity index (χ3v) is 1.70. The molecule has 78 valence electrons. The number of nitrogens with two attached hydrogens (primary N) is 1. The first-order valence-corrected chi connectivity index (χ1v) is 4.03. The van der Waals surface area contributed by atoms with Crippen molar-refractivity contribution in [1.29, 1.82) is 0 Å². The highest BCUT2D eigenvalue weighted by molar-refractivity contribution is 5.22. The van der Waals surface area contributed by atoms with E-state index in [1.807, 2.05) is 20.8 Å². The number of anilines is 1. The van der Waals surface area contributed by atoms with Crippen molar-refractivity contribution < 1.29 is 5.21 Å². The zero-order chi connectivity index (χ0) is 10.9. The first-order valence-electron chi connectivity index (χ1n) is 4.03. The van der Waals surface area contributed by atoms with Gasteiger partial charge in [0, 0.05) is 5.41 Å². The minimum absolute atomic E-state index is 0.192. The van der Waals surface area contributed by atoms with Gasteiger partial charge in [0.1, 0.15) is 5.69 Å². The van der Waals surface area contributed by atoms with Crippen molar-refractivity contribution in [2.75, 3.05) is 11.3 Å². The van der Waals surface area contributed by atoms with Crippen molar-refractivity contribution in [3.05, 3.63) is 16.0 Å². The standard InChI is InChI=1S/C7H13N5O2/c1-7(2,3)4-5(13)12(8)6(11-14)10-9-4/h14H,8H2,1-3H3,(H,10,11). The van der Waals surface area contributed by atoms with Crippen LogP contribution in [0, 0.1) is 0 Å². The SMILES string of the molecule is CC(C)(C)c1nnc(NO)n(N)c1=O. The molecule has 0 saturated carbocycles. The van der Waals surface area contributed by atoms with Gasteiger partial charge in [-0.1, -0.05) is 20.8 Å². The second-order valence-electron chi connectivity index (χ2n) is 3.91. The average Bonchev–Trinajstić information content (AvgIpc) is 2.07. The van der Waals surface area contributed by atoms with E-state index in [4.69, 9.17) is 11.0 Å². The summed E-state index contributed by atoms with van der Waals surface area (Å²) in [5.74, 6) is 5.18. The number of hydrogen-bond donors (Lipinski definition) is 3. The van der Waals surface area contributed by atoms with Gasteiger partial charge >= 0.3 is 0 Å². The lowest BCUT2D eigenvalue weighted by Crippen LogP contribution is -2.38. The van der Waals surface area contributed by atoms with Crippen molar-refractivity contribution in [3.8, 4) is 0 Å². The van der Waals surface area contributed by atoms with Crippen molar-refractivity contribution in [3.63, 3.8) is 0 Å². The second kappa shape index (κ2) is 3.26. The van der Waals surface area contributed by atoms with Crippen LogP contribution in [0.1, 0.15) is 26.5 Å². The Kier molecular flexibility index (Phi) is 2.43. The predicted octanol–water partition coefficient (Wildman–Crippen LogP) is -0.549. The van der Waals surface area contributed by atoms with Crippen LogP contribution in [0.25, 0.3) is 0 Å². The highest BCUT2D eigenvalue weighted by atomic mass is 16.5. The first-order chi connectivity index (χ1) is 6.38. The fourth-order valence-electron chi connectivity index (χ4n) is 0.946. The van der Waals surface area contributed by atoms with E-state index < -0.39 is 11.0 Å². The van der Waals surface area contributed by atoms with E-state index in [-0.39, 0.29) is 11.6 Å². The Morgan fingerprint density at radius 3 is 2.43 bits per heavy atom. The summed E-state index contributed by atoms with van der Waals surface area (Å²) in [6.45, 7) is 5.47. The van der Waals surface area contributed by atoms with Gasteiger partial charge in [-0.3, -0.25) is 10.0 Å². The van der Waals surface area contributed by atoms with Gasteiger partial charge in [-0.25, -0.2) is 5.48 Å². The molecule has 0 atom stereocenters. The number of hydrogen-bond acceptors (Lipinski definition) is 6. The van der Waals surface area contributed by atoms with Crippen LogP contribution in [0.5, 0.6) is 0 Å². The highest BCUT2D eigenvalue weighted by Crippen LogP contribution is 2.15. The maximum Gasteiger partial charge on any atom is 0.295 e. The fraction of sp³-hybridized carbons (Fsp3) is 0.571. The molecule has 0 aliphatic rings. The molecule has 14 heavy (non-hydrogen) atoms. The van der Waals surface area contributed by atoms with Gasteiger partial charge in [0.2, 0.25) is 0 Å². The van der Waals surface area contributed by atoms with Crippen LogP contribution in [-0.4, -0.2) is 20.1 Å². The number of nitrogens with one attached hydrogen (secondary N) is 1. The molecule has 7 heteroatoms. The number of nitrogen functional groups attached to an aromatic ring is 1. The van der Waals surface area contributed by atoms with Crippen molar-refractivity contribution in [1.82, 2.24) is 14.9 Å². The second-order valence-corrected chi connectivity index (χ2v) is 3.91. The van der Waals surface area contributed by atoms with Gasteiger partial charge in [0.05, 0.1) is 0 Å². The maximum atomic E-state index is 11.6. The average molecular weight is 199 g/mol. The van der Waals surface area contributed by atoms with Gasteiger partial charge in [-0.05, 0) is 0 Å². The molecule has 0 aliphatic heterocycles. The number of nitrogens with zero attached hydrogens (tertiary/aromatic N) is 3. The molecule has 0 radical (unpaired) electrons. The normalized spacial score (nSPS) is 11.4. The van der Waals surface area contributed by atoms with E-state index in [1.54, 1.807) is 5.48 Å². The molecule has 0 bridgehead atoms. The van der Waals surface area contributed by atoms with Gasteiger partial charge in [0.25, 0.3) is 11.5 Å². The van der Waals surface area contributed by atoms with Gasteiger partial charge in [0.15, 0.2) is 0 Å². The summed E-state index contributed by atoms with van der Waals surface area (Å²) in [6.07, 6.45) is 0. The van der Waals surface area contributed by atoms with E-state index in [0.29, 0.717) is 4.68 Å². The smallest absolute Gasteiger partial charge is 0.295 e. The minimum Gasteiger partial charge on any atom is -0.333 e. The van der Waals surface area contributed by atoms with E-state index in [9.17, 15) is 4.79 Å². The Morgan fingerprint density at radius 2 is 2.00 bits per heavy atom. The van der Waals surface area contributed by atoms with Crippen molar-refractivity contribution >= 4 is 5.95 Å². The van der Waals surface area contributed by atoms with Crippen molar-refractivity contribution in [2.24, 2.45) is 0 Å². The topological polar surface area (TPSA) is 106 Å². The van der Waals surface area contributed by atoms with Crippen LogP contribution < -0.4 is 16.9 Å². The quantitative estimate of drug-likeness (QED) is 0.414. The lowest BCUT2D eigenvalue weighted by atomic mass is 9.93. The molecule has 0 amide bonds. The molecule has 1 aromatic heterocycles. The summed E-state index contributed by atoms with van der Waals surface area (Å²) in [5, 5.41) is 15.8. The van der Waals surface area contributed by atoms with Crippen molar-refractivity contribution in [2.45, 2.75) is 26.2 Å². The molecule has 4 N–H and O–H groups in total. The Labute approximate surface area is 80.5 Å². The number of rotatable bonds is 1. The zero-order valence-electron chi connectivity index (χ0n) is 8.27. The van der Waals surface area contributed by atoms with Gasteiger partial charge < -0.3 is 5.84 Å². The van der Waals surface area contributed by atoms with Crippen LogP contribution >= 0.6 is 0 Å². The van der Waals surface area contributed by atoms with Crippen LogP contribution in [-0.2, 0) is 5.41 Å². The Hall–Kier alpha value is -1.63. The van der Waals surface area contributed by atoms with E-state index in [2.05, 4.69) is 10.2 Å². The summed E-state index contributed by atoms with van der Waals surface area (Å²) >= 11 is 0. The van der Waals surface area contributed by atoms with Crippen LogP contribution in [0.4, 0.5) is 5.95 Å². The molecule has 0 unspecified atom stereocenters. The molecule has 0 aliphatic carbocycles. The molecule has 0 saturated heterocycles. The predicted molar refractivity (Wildman–Crippen MR) is 50.6 cm³/mol. The third-order valence-electron chi connectivity index (χ3n) is 1.70. The largest absolute Gasteiger partial charge is 0.333 e. The van der Waals surface area contributed by atoms with E-state index in [0.717, 1.165) is 0 Å². The van der Waals surface area contributed by atoms with Crippen LogP contribution in [0.15, 0.2) is 4.79 Å². The Balaban J connectivity index is 3.40. The molecule has 7 nitrogen and oxygen atoms in total. The fourth-order valence-corrected chi connectivity index (χ4v) is 0.946. The van der Waals surface area contributed by atoms with Gasteiger partial charge in [-0.2, -0.15) is 4.68 Å². The molecule has 1 aromatic rings. The minimum atomic E-state index is -0.482. The van der Waals surface area contributed by atoms with E-state index in [1.165, 1.54) is 0 Å². The van der Waals surface area contributed by atoms with E-state index >= 15 is 0 Å². The molecule has 0 fully saturated rings. The lowest BCUT2D eigenvalue weighted by molar-refractivity contribution is 0.375. The summed E-state index contributed by atoms with van der Waals surface area (Å²) in [5.41, 5.74) is 1.01. The highest BCUT2D eigenvalue weighted by Gasteiger charge is 2.22. The van der Waals surface area contributed by atoms with Crippen LogP contribution in [0.3, 0.4) is 0 Å². The maximum absolute atomic E-state index is 11.6. The third kappa shape index (κ3) is 1.67. The first kappa shape index (κ1) is 10.5. The Bertz CT molecular complexity index is 392.